The molecular weight excluding hydrogens is 457 g/mol. The summed E-state index contributed by atoms with van der Waals surface area (Å²) in [5.41, 5.74) is 1.01. The minimum atomic E-state index is -4.51. The van der Waals surface area contributed by atoms with Crippen molar-refractivity contribution in [3.63, 3.8) is 0 Å². The second-order valence-corrected chi connectivity index (χ2v) is 10.0. The SMILES string of the molecule is Cc1cc(=O)c(C(=O)NC(C)C)c2n1-c1cc(C(F)(F)F)ccc1SC(c1ccsc1)C2. The number of thioether (sulfide) groups is 1. The zero-order chi connectivity index (χ0) is 23.2. The highest BCUT2D eigenvalue weighted by atomic mass is 32.2. The van der Waals surface area contributed by atoms with Gasteiger partial charge in [0.25, 0.3) is 5.91 Å². The Morgan fingerprint density at radius 1 is 1.22 bits per heavy atom. The first-order valence-corrected chi connectivity index (χ1v) is 11.8. The first-order chi connectivity index (χ1) is 15.1. The van der Waals surface area contributed by atoms with Gasteiger partial charge >= 0.3 is 6.18 Å². The van der Waals surface area contributed by atoms with Crippen molar-refractivity contribution >= 4 is 29.0 Å². The van der Waals surface area contributed by atoms with E-state index in [2.05, 4.69) is 5.32 Å². The number of fused-ring (bicyclic) bond motifs is 3. The van der Waals surface area contributed by atoms with E-state index in [9.17, 15) is 22.8 Å². The van der Waals surface area contributed by atoms with E-state index in [-0.39, 0.29) is 16.9 Å². The number of rotatable bonds is 3. The zero-order valence-electron chi connectivity index (χ0n) is 17.6. The molecule has 1 aliphatic heterocycles. The van der Waals surface area contributed by atoms with Crippen LogP contribution < -0.4 is 10.7 Å². The van der Waals surface area contributed by atoms with Gasteiger partial charge in [0.05, 0.1) is 11.3 Å². The zero-order valence-corrected chi connectivity index (χ0v) is 19.3. The van der Waals surface area contributed by atoms with Crippen molar-refractivity contribution in [3.8, 4) is 5.69 Å². The van der Waals surface area contributed by atoms with Gasteiger partial charge in [0.1, 0.15) is 5.56 Å². The number of carbonyl (C=O) groups is 1. The maximum Gasteiger partial charge on any atom is 0.416 e. The molecule has 9 heteroatoms. The molecule has 0 saturated heterocycles. The molecule has 168 valence electrons. The van der Waals surface area contributed by atoms with Crippen LogP contribution in [0.1, 0.15) is 52.0 Å². The van der Waals surface area contributed by atoms with Crippen LogP contribution in [0.2, 0.25) is 0 Å². The molecule has 0 aliphatic carbocycles. The Morgan fingerprint density at radius 3 is 2.59 bits per heavy atom. The van der Waals surface area contributed by atoms with E-state index < -0.39 is 23.1 Å². The fourth-order valence-corrected chi connectivity index (χ4v) is 5.93. The number of benzene rings is 1. The number of aryl methyl sites for hydroxylation is 1. The van der Waals surface area contributed by atoms with Gasteiger partial charge in [-0.25, -0.2) is 0 Å². The summed E-state index contributed by atoms with van der Waals surface area (Å²) < 4.78 is 42.2. The second kappa shape index (κ2) is 8.44. The smallest absolute Gasteiger partial charge is 0.350 e. The molecule has 1 amide bonds. The first kappa shape index (κ1) is 22.7. The van der Waals surface area contributed by atoms with E-state index in [0.29, 0.717) is 28.4 Å². The molecule has 0 fully saturated rings. The number of thiophene rings is 1. The first-order valence-electron chi connectivity index (χ1n) is 10.0. The highest BCUT2D eigenvalue weighted by Crippen LogP contribution is 2.46. The summed E-state index contributed by atoms with van der Waals surface area (Å²) in [6.07, 6.45) is -4.18. The summed E-state index contributed by atoms with van der Waals surface area (Å²) in [5, 5.41) is 6.53. The highest BCUT2D eigenvalue weighted by molar-refractivity contribution is 7.99. The topological polar surface area (TPSA) is 51.1 Å². The second-order valence-electron chi connectivity index (χ2n) is 7.98. The predicted molar refractivity (Wildman–Crippen MR) is 121 cm³/mol. The number of alkyl halides is 3. The van der Waals surface area contributed by atoms with Crippen LogP contribution in [0.15, 0.2) is 50.8 Å². The number of hydrogen-bond donors (Lipinski definition) is 1. The Bertz CT molecular complexity index is 1230. The third-order valence-electron chi connectivity index (χ3n) is 5.23. The molecule has 4 nitrogen and oxygen atoms in total. The van der Waals surface area contributed by atoms with E-state index >= 15 is 0 Å². The monoisotopic (exact) mass is 478 g/mol. The molecule has 2 aromatic heterocycles. The summed E-state index contributed by atoms with van der Waals surface area (Å²) in [6, 6.07) is 6.74. The Morgan fingerprint density at radius 2 is 1.97 bits per heavy atom. The molecule has 3 aromatic rings. The van der Waals surface area contributed by atoms with Gasteiger partial charge < -0.3 is 9.88 Å². The molecule has 1 atom stereocenters. The Labute approximate surface area is 191 Å². The molecule has 0 saturated carbocycles. The molecule has 1 unspecified atom stereocenters. The lowest BCUT2D eigenvalue weighted by Gasteiger charge is -2.21. The molecule has 1 aromatic carbocycles. The average Bonchev–Trinajstić information content (AvgIpc) is 3.15. The van der Waals surface area contributed by atoms with Gasteiger partial charge in [-0.1, -0.05) is 0 Å². The lowest BCUT2D eigenvalue weighted by Crippen LogP contribution is -2.36. The Kier molecular flexibility index (Phi) is 5.98. The van der Waals surface area contributed by atoms with Crippen LogP contribution in [0.25, 0.3) is 5.69 Å². The number of nitrogens with one attached hydrogen (secondary N) is 1. The van der Waals surface area contributed by atoms with Crippen LogP contribution in [0, 0.1) is 6.92 Å². The van der Waals surface area contributed by atoms with Crippen LogP contribution in [0.4, 0.5) is 13.2 Å². The molecule has 1 aliphatic rings. The van der Waals surface area contributed by atoms with Crippen molar-refractivity contribution in [1.82, 2.24) is 9.88 Å². The van der Waals surface area contributed by atoms with Crippen LogP contribution in [-0.2, 0) is 12.6 Å². The van der Waals surface area contributed by atoms with Gasteiger partial charge in [0.2, 0.25) is 0 Å². The van der Waals surface area contributed by atoms with Crippen molar-refractivity contribution in [2.24, 2.45) is 0 Å². The predicted octanol–water partition coefficient (Wildman–Crippen LogP) is 5.75. The maximum atomic E-state index is 13.5. The maximum absolute atomic E-state index is 13.5. The van der Waals surface area contributed by atoms with Crippen molar-refractivity contribution in [1.29, 1.82) is 0 Å². The minimum Gasteiger partial charge on any atom is -0.350 e. The fraction of sp³-hybridized carbons (Fsp3) is 0.304. The number of pyridine rings is 1. The van der Waals surface area contributed by atoms with Gasteiger partial charge in [-0.05, 0) is 61.4 Å². The largest absolute Gasteiger partial charge is 0.416 e. The van der Waals surface area contributed by atoms with Crippen molar-refractivity contribution in [3.05, 3.63) is 79.4 Å². The number of aromatic nitrogens is 1. The van der Waals surface area contributed by atoms with Crippen molar-refractivity contribution in [2.45, 2.75) is 49.6 Å². The van der Waals surface area contributed by atoms with E-state index in [1.165, 1.54) is 35.2 Å². The molecule has 0 radical (unpaired) electrons. The summed E-state index contributed by atoms with van der Waals surface area (Å²) >= 11 is 2.97. The molecule has 0 spiro atoms. The fourth-order valence-electron chi connectivity index (χ4n) is 3.88. The molecule has 32 heavy (non-hydrogen) atoms. The quantitative estimate of drug-likeness (QED) is 0.521. The van der Waals surface area contributed by atoms with Gasteiger partial charge in [0.15, 0.2) is 5.43 Å². The number of hydrogen-bond acceptors (Lipinski definition) is 4. The summed E-state index contributed by atoms with van der Waals surface area (Å²) in [5.74, 6) is -0.516. The Hall–Kier alpha value is -2.52. The van der Waals surface area contributed by atoms with Crippen LogP contribution >= 0.6 is 23.1 Å². The van der Waals surface area contributed by atoms with Gasteiger partial charge in [0, 0.05) is 40.1 Å². The van der Waals surface area contributed by atoms with E-state index in [1.54, 1.807) is 25.3 Å². The highest BCUT2D eigenvalue weighted by Gasteiger charge is 2.34. The minimum absolute atomic E-state index is 0.0182. The number of amides is 1. The Balaban J connectivity index is 2.02. The number of halogens is 3. The van der Waals surface area contributed by atoms with E-state index in [0.717, 1.165) is 17.7 Å². The lowest BCUT2D eigenvalue weighted by molar-refractivity contribution is -0.137. The molecule has 0 bridgehead atoms. The summed E-state index contributed by atoms with van der Waals surface area (Å²) in [4.78, 5) is 26.6. The average molecular weight is 479 g/mol. The third kappa shape index (κ3) is 4.23. The van der Waals surface area contributed by atoms with E-state index in [4.69, 9.17) is 0 Å². The van der Waals surface area contributed by atoms with Crippen LogP contribution in [0.3, 0.4) is 0 Å². The lowest BCUT2D eigenvalue weighted by atomic mass is 10.0. The number of nitrogens with zero attached hydrogens (tertiary/aromatic N) is 1. The van der Waals surface area contributed by atoms with Crippen molar-refractivity contribution < 1.29 is 18.0 Å². The third-order valence-corrected chi connectivity index (χ3v) is 7.26. The summed E-state index contributed by atoms with van der Waals surface area (Å²) in [6.45, 7) is 5.25. The summed E-state index contributed by atoms with van der Waals surface area (Å²) in [7, 11) is 0. The van der Waals surface area contributed by atoms with E-state index in [1.807, 2.05) is 16.8 Å². The van der Waals surface area contributed by atoms with Gasteiger partial charge in [-0.3, -0.25) is 9.59 Å². The molecule has 3 heterocycles. The molecule has 1 N–H and O–H groups in total. The standard InChI is InChI=1S/C23H21F3N2O2S2/c1-12(2)27-22(30)21-17-10-20(14-6-7-31-11-14)32-19-5-4-15(23(24,25)26)9-16(19)28(17)13(3)8-18(21)29/h4-9,11-12,20H,10H2,1-3H3,(H,27,30). The van der Waals surface area contributed by atoms with Crippen LogP contribution in [0.5, 0.6) is 0 Å². The molecular formula is C23H21F3N2O2S2. The van der Waals surface area contributed by atoms with Gasteiger partial charge in [-0.2, -0.15) is 24.5 Å². The van der Waals surface area contributed by atoms with Crippen molar-refractivity contribution in [2.75, 3.05) is 0 Å². The van der Waals surface area contributed by atoms with Gasteiger partial charge in [-0.15, -0.1) is 11.8 Å². The number of carbonyl (C=O) groups excluding carboxylic acids is 1. The van der Waals surface area contributed by atoms with Crippen LogP contribution in [-0.4, -0.2) is 16.5 Å². The molecule has 4 rings (SSSR count). The normalized spacial score (nSPS) is 15.8.